The van der Waals surface area contributed by atoms with Crippen LogP contribution in [0.3, 0.4) is 0 Å². The third-order valence-corrected chi connectivity index (χ3v) is 3.26. The number of aromatic nitrogens is 1. The normalized spacial score (nSPS) is 11.5. The second-order valence-corrected chi connectivity index (χ2v) is 5.12. The van der Waals surface area contributed by atoms with Gasteiger partial charge >= 0.3 is 0 Å². The van der Waals surface area contributed by atoms with Crippen molar-refractivity contribution in [2.24, 2.45) is 15.9 Å². The van der Waals surface area contributed by atoms with E-state index in [0.717, 1.165) is 29.5 Å². The first-order valence-electron chi connectivity index (χ1n) is 5.28. The van der Waals surface area contributed by atoms with Crippen molar-refractivity contribution in [3.05, 3.63) is 30.1 Å². The van der Waals surface area contributed by atoms with Crippen molar-refractivity contribution >= 4 is 56.1 Å². The summed E-state index contributed by atoms with van der Waals surface area (Å²) in [6.45, 7) is 0. The molecule has 0 atom stereocenters. The van der Waals surface area contributed by atoms with Crippen molar-refractivity contribution in [3.8, 4) is 0 Å². The lowest BCUT2D eigenvalue weighted by molar-refractivity contribution is 0.915. The maximum Gasteiger partial charge on any atom is 0.180 e. The lowest BCUT2D eigenvalue weighted by atomic mass is 10.3. The molecule has 0 saturated heterocycles. The molecule has 0 aromatic carbocycles. The molecule has 1 aromatic rings. The topological polar surface area (TPSA) is 63.6 Å². The Balaban J connectivity index is 0.00000289. The number of amidine groups is 1. The Kier molecular flexibility index (Phi) is 11.4. The molecular formula is C11H16Br2N4S. The molecule has 0 saturated carbocycles. The fourth-order valence-electron chi connectivity index (χ4n) is 1.01. The van der Waals surface area contributed by atoms with E-state index < -0.39 is 0 Å². The summed E-state index contributed by atoms with van der Waals surface area (Å²) in [6.07, 6.45) is 7.35. The predicted octanol–water partition coefficient (Wildman–Crippen LogP) is 3.22. The highest BCUT2D eigenvalue weighted by Gasteiger charge is 1.93. The van der Waals surface area contributed by atoms with E-state index >= 15 is 0 Å². The number of hydrogen-bond donors (Lipinski definition) is 1. The summed E-state index contributed by atoms with van der Waals surface area (Å²) in [6, 6.07) is 3.76. The van der Waals surface area contributed by atoms with Gasteiger partial charge < -0.3 is 5.73 Å². The highest BCUT2D eigenvalue weighted by molar-refractivity contribution is 9.09. The van der Waals surface area contributed by atoms with Gasteiger partial charge in [-0.05, 0) is 18.9 Å². The maximum absolute atomic E-state index is 5.69. The number of unbranched alkanes of at least 4 members (excludes halogenated alkanes) is 1. The van der Waals surface area contributed by atoms with Crippen LogP contribution in [0, 0.1) is 0 Å². The Bertz CT molecular complexity index is 371. The lowest BCUT2D eigenvalue weighted by Gasteiger charge is -1.97. The molecule has 0 radical (unpaired) electrons. The molecule has 1 heterocycles. The number of nitrogens with two attached hydrogens (primary N) is 1. The van der Waals surface area contributed by atoms with Gasteiger partial charge in [0, 0.05) is 29.0 Å². The molecule has 0 amide bonds. The van der Waals surface area contributed by atoms with Gasteiger partial charge in [0.05, 0.1) is 6.21 Å². The van der Waals surface area contributed by atoms with Crippen LogP contribution in [-0.2, 0) is 0 Å². The Hall–Kier alpha value is -0.400. The Morgan fingerprint density at radius 3 is 3.00 bits per heavy atom. The first-order chi connectivity index (χ1) is 8.33. The Morgan fingerprint density at radius 2 is 2.33 bits per heavy atom. The van der Waals surface area contributed by atoms with Crippen molar-refractivity contribution in [3.63, 3.8) is 0 Å². The molecule has 0 aliphatic heterocycles. The summed E-state index contributed by atoms with van der Waals surface area (Å²) >= 11 is 4.91. The third kappa shape index (κ3) is 8.66. The van der Waals surface area contributed by atoms with E-state index in [0.29, 0.717) is 5.17 Å². The molecule has 2 N–H and O–H groups in total. The van der Waals surface area contributed by atoms with Gasteiger partial charge in [0.15, 0.2) is 5.17 Å². The van der Waals surface area contributed by atoms with Crippen LogP contribution in [0.15, 0.2) is 34.7 Å². The van der Waals surface area contributed by atoms with Gasteiger partial charge in [0.25, 0.3) is 0 Å². The fourth-order valence-corrected chi connectivity index (χ4v) is 2.07. The standard InChI is InChI=1S/C11H15BrN4S.BrH/c12-5-1-2-7-17-11(13)16-15-9-10-4-3-6-14-8-10;/h3-4,6,8-9H,1-2,5,7H2,(H2,13,16);1H/b15-9+;. The van der Waals surface area contributed by atoms with Crippen LogP contribution < -0.4 is 5.73 Å². The van der Waals surface area contributed by atoms with Gasteiger partial charge in [-0.3, -0.25) is 4.98 Å². The zero-order valence-electron chi connectivity index (χ0n) is 9.83. The van der Waals surface area contributed by atoms with E-state index in [1.54, 1.807) is 18.6 Å². The maximum atomic E-state index is 5.69. The van der Waals surface area contributed by atoms with Crippen LogP contribution in [0.4, 0.5) is 0 Å². The number of thioether (sulfide) groups is 1. The number of alkyl halides is 1. The molecule has 0 fully saturated rings. The van der Waals surface area contributed by atoms with E-state index in [1.807, 2.05) is 12.1 Å². The number of halogens is 2. The largest absolute Gasteiger partial charge is 0.377 e. The van der Waals surface area contributed by atoms with Crippen molar-refractivity contribution in [1.29, 1.82) is 0 Å². The first-order valence-corrected chi connectivity index (χ1v) is 7.39. The van der Waals surface area contributed by atoms with E-state index in [1.165, 1.54) is 11.8 Å². The molecule has 0 spiro atoms. The van der Waals surface area contributed by atoms with Crippen molar-refractivity contribution in [1.82, 2.24) is 4.98 Å². The van der Waals surface area contributed by atoms with Crippen LogP contribution in [-0.4, -0.2) is 27.4 Å². The highest BCUT2D eigenvalue weighted by Crippen LogP contribution is 2.05. The number of hydrogen-bond acceptors (Lipinski definition) is 4. The van der Waals surface area contributed by atoms with Gasteiger partial charge in [-0.15, -0.1) is 22.1 Å². The van der Waals surface area contributed by atoms with Gasteiger partial charge in [0.2, 0.25) is 0 Å². The van der Waals surface area contributed by atoms with Crippen LogP contribution >= 0.6 is 44.7 Å². The van der Waals surface area contributed by atoms with Crippen LogP contribution in [0.25, 0.3) is 0 Å². The molecule has 0 aliphatic rings. The van der Waals surface area contributed by atoms with Crippen LogP contribution in [0.5, 0.6) is 0 Å². The van der Waals surface area contributed by atoms with Crippen LogP contribution in [0.1, 0.15) is 18.4 Å². The molecule has 0 bridgehead atoms. The zero-order valence-corrected chi connectivity index (χ0v) is 13.9. The minimum absolute atomic E-state index is 0. The molecule has 100 valence electrons. The zero-order chi connectivity index (χ0) is 12.3. The summed E-state index contributed by atoms with van der Waals surface area (Å²) in [4.78, 5) is 3.97. The van der Waals surface area contributed by atoms with Gasteiger partial charge in [-0.1, -0.05) is 33.8 Å². The second-order valence-electron chi connectivity index (χ2n) is 3.21. The van der Waals surface area contributed by atoms with E-state index in [2.05, 4.69) is 31.1 Å². The summed E-state index contributed by atoms with van der Waals surface area (Å²) in [5.74, 6) is 0.976. The monoisotopic (exact) mass is 394 g/mol. The summed E-state index contributed by atoms with van der Waals surface area (Å²) in [7, 11) is 0. The van der Waals surface area contributed by atoms with Crippen molar-refractivity contribution in [2.45, 2.75) is 12.8 Å². The lowest BCUT2D eigenvalue weighted by Crippen LogP contribution is -2.06. The third-order valence-electron chi connectivity index (χ3n) is 1.83. The van der Waals surface area contributed by atoms with E-state index in [-0.39, 0.29) is 17.0 Å². The molecule has 0 unspecified atom stereocenters. The minimum atomic E-state index is 0. The quantitative estimate of drug-likeness (QED) is 0.264. The van der Waals surface area contributed by atoms with Crippen molar-refractivity contribution < 1.29 is 0 Å². The fraction of sp³-hybridized carbons (Fsp3) is 0.364. The minimum Gasteiger partial charge on any atom is -0.377 e. The predicted molar refractivity (Wildman–Crippen MR) is 89.3 cm³/mol. The number of rotatable bonds is 6. The number of nitrogens with zero attached hydrogens (tertiary/aromatic N) is 3. The average Bonchev–Trinajstić information content (AvgIpc) is 2.36. The Morgan fingerprint density at radius 1 is 1.50 bits per heavy atom. The molecule has 1 rings (SSSR count). The molecule has 1 aromatic heterocycles. The summed E-state index contributed by atoms with van der Waals surface area (Å²) in [5.41, 5.74) is 6.60. The van der Waals surface area contributed by atoms with Gasteiger partial charge in [-0.25, -0.2) is 0 Å². The highest BCUT2D eigenvalue weighted by atomic mass is 79.9. The molecule has 7 heteroatoms. The number of pyridine rings is 1. The molecule has 4 nitrogen and oxygen atoms in total. The smallest absolute Gasteiger partial charge is 0.180 e. The van der Waals surface area contributed by atoms with Gasteiger partial charge in [-0.2, -0.15) is 5.10 Å². The van der Waals surface area contributed by atoms with E-state index in [4.69, 9.17) is 5.73 Å². The molecule has 18 heavy (non-hydrogen) atoms. The summed E-state index contributed by atoms with van der Waals surface area (Å²) < 4.78 is 0. The Labute approximate surface area is 130 Å². The molecular weight excluding hydrogens is 380 g/mol. The average molecular weight is 396 g/mol. The second kappa shape index (κ2) is 11.7. The van der Waals surface area contributed by atoms with E-state index in [9.17, 15) is 0 Å². The first kappa shape index (κ1) is 17.6. The van der Waals surface area contributed by atoms with Crippen LogP contribution in [0.2, 0.25) is 0 Å². The SMILES string of the molecule is Br.N/C(=N\N=C\c1cccnc1)SCCCCBr. The van der Waals surface area contributed by atoms with Crippen molar-refractivity contribution in [2.75, 3.05) is 11.1 Å². The summed E-state index contributed by atoms with van der Waals surface area (Å²) in [5, 5.41) is 9.34. The molecule has 0 aliphatic carbocycles. The van der Waals surface area contributed by atoms with Gasteiger partial charge in [0.1, 0.15) is 0 Å².